The summed E-state index contributed by atoms with van der Waals surface area (Å²) < 4.78 is 2.06. The summed E-state index contributed by atoms with van der Waals surface area (Å²) in [6.07, 6.45) is 0. The van der Waals surface area contributed by atoms with Gasteiger partial charge in [-0.3, -0.25) is 10.8 Å². The molecule has 0 fully saturated rings. The van der Waals surface area contributed by atoms with Gasteiger partial charge in [-0.1, -0.05) is 13.8 Å². The first kappa shape index (κ1) is 14.5. The van der Waals surface area contributed by atoms with Crippen molar-refractivity contribution in [3.05, 3.63) is 24.0 Å². The predicted molar refractivity (Wildman–Crippen MR) is 83.4 cm³/mol. The molecule has 0 spiro atoms. The van der Waals surface area contributed by atoms with Crippen molar-refractivity contribution in [2.45, 2.75) is 19.8 Å². The van der Waals surface area contributed by atoms with Gasteiger partial charge in [-0.15, -0.1) is 0 Å². The van der Waals surface area contributed by atoms with E-state index in [0.717, 1.165) is 16.9 Å². The van der Waals surface area contributed by atoms with Crippen LogP contribution in [-0.2, 0) is 7.05 Å². The largest absolute Gasteiger partial charge is 0.382 e. The fraction of sp³-hybridized carbons (Fsp3) is 0.286. The number of imidazole rings is 1. The first-order chi connectivity index (χ1) is 9.93. The van der Waals surface area contributed by atoms with Crippen LogP contribution in [0.3, 0.4) is 0 Å². The van der Waals surface area contributed by atoms with Gasteiger partial charge in [0.25, 0.3) is 0 Å². The molecule has 108 valence electrons. The summed E-state index contributed by atoms with van der Waals surface area (Å²) >= 11 is 0. The molecule has 0 aliphatic heterocycles. The Balaban J connectivity index is 2.36. The van der Waals surface area contributed by atoms with Crippen LogP contribution in [0.2, 0.25) is 0 Å². The monoisotopic (exact) mass is 283 g/mol. The van der Waals surface area contributed by atoms with Gasteiger partial charge in [-0.05, 0) is 18.2 Å². The van der Waals surface area contributed by atoms with Gasteiger partial charge in [0, 0.05) is 13.0 Å². The van der Waals surface area contributed by atoms with Gasteiger partial charge in [0.05, 0.1) is 16.7 Å². The van der Waals surface area contributed by atoms with Crippen LogP contribution in [0, 0.1) is 16.7 Å². The summed E-state index contributed by atoms with van der Waals surface area (Å²) in [4.78, 5) is 4.60. The molecule has 0 aliphatic carbocycles. The number of hydrogen-bond donors (Lipinski definition) is 3. The number of anilines is 1. The Morgan fingerprint density at radius 1 is 1.52 bits per heavy atom. The number of rotatable bonds is 4. The van der Waals surface area contributed by atoms with Crippen molar-refractivity contribution in [2.24, 2.45) is 17.9 Å². The van der Waals surface area contributed by atoms with Crippen LogP contribution < -0.4 is 11.2 Å². The molecule has 2 rings (SSSR count). The molecule has 0 amide bonds. The molecule has 1 aromatic carbocycles. The molecule has 0 unspecified atom stereocenters. The number of nitriles is 1. The van der Waals surface area contributed by atoms with Crippen LogP contribution in [-0.4, -0.2) is 21.1 Å². The molecule has 0 saturated heterocycles. The summed E-state index contributed by atoms with van der Waals surface area (Å²) in [5, 5.41) is 19.8. The van der Waals surface area contributed by atoms with Crippen LogP contribution in [0.1, 0.15) is 25.6 Å². The smallest absolute Gasteiger partial charge is 0.201 e. The minimum atomic E-state index is -0.369. The second kappa shape index (κ2) is 5.63. The molecule has 0 bridgehead atoms. The van der Waals surface area contributed by atoms with Crippen molar-refractivity contribution >= 4 is 28.3 Å². The van der Waals surface area contributed by atoms with E-state index in [0.29, 0.717) is 11.6 Å². The summed E-state index contributed by atoms with van der Waals surface area (Å²) in [5.74, 6) is 0.970. The number of aryl methyl sites for hydroxylation is 1. The molecule has 0 atom stereocenters. The minimum absolute atomic E-state index is 0.154. The van der Waals surface area contributed by atoms with Crippen LogP contribution in [0.5, 0.6) is 0 Å². The average molecular weight is 283 g/mol. The van der Waals surface area contributed by atoms with Crippen molar-refractivity contribution < 1.29 is 0 Å². The predicted octanol–water partition coefficient (Wildman–Crippen LogP) is 1.92. The molecule has 1 aromatic heterocycles. The lowest BCUT2D eigenvalue weighted by Crippen LogP contribution is -2.21. The topological polar surface area (TPSA) is 116 Å². The van der Waals surface area contributed by atoms with E-state index in [4.69, 9.17) is 16.4 Å². The van der Waals surface area contributed by atoms with Crippen LogP contribution >= 0.6 is 0 Å². The number of benzene rings is 1. The molecule has 0 saturated carbocycles. The minimum Gasteiger partial charge on any atom is -0.382 e. The third-order valence-corrected chi connectivity index (χ3v) is 3.09. The van der Waals surface area contributed by atoms with Gasteiger partial charge in [-0.2, -0.15) is 10.4 Å². The number of nitrogens with two attached hydrogens (primary N) is 1. The highest BCUT2D eigenvalue weighted by Gasteiger charge is 2.11. The summed E-state index contributed by atoms with van der Waals surface area (Å²) in [5.41, 5.74) is 10.4. The maximum absolute atomic E-state index is 8.79. The summed E-state index contributed by atoms with van der Waals surface area (Å²) in [7, 11) is 1.99. The highest BCUT2D eigenvalue weighted by atomic mass is 15.3. The van der Waals surface area contributed by atoms with Crippen molar-refractivity contribution in [3.63, 3.8) is 0 Å². The van der Waals surface area contributed by atoms with Gasteiger partial charge < -0.3 is 10.3 Å². The number of hydrogen-bond acceptors (Lipinski definition) is 5. The van der Waals surface area contributed by atoms with E-state index in [1.54, 1.807) is 6.07 Å². The summed E-state index contributed by atoms with van der Waals surface area (Å²) in [6.45, 7) is 4.19. The molecule has 4 N–H and O–H groups in total. The molecule has 1 heterocycles. The number of hydrazone groups is 1. The van der Waals surface area contributed by atoms with Crippen LogP contribution in [0.25, 0.3) is 11.0 Å². The van der Waals surface area contributed by atoms with E-state index in [2.05, 4.69) is 33.9 Å². The second-order valence-electron chi connectivity index (χ2n) is 4.98. The SMILES string of the molecule is CC(C)c1nc2cc(N/N=C(\C#N)C(=N)N)ccc2n1C. The lowest BCUT2D eigenvalue weighted by Gasteiger charge is -2.04. The Labute approximate surface area is 122 Å². The number of aromatic nitrogens is 2. The van der Waals surface area contributed by atoms with Crippen LogP contribution in [0.4, 0.5) is 5.69 Å². The maximum Gasteiger partial charge on any atom is 0.201 e. The van der Waals surface area contributed by atoms with Crippen molar-refractivity contribution in [2.75, 3.05) is 5.43 Å². The van der Waals surface area contributed by atoms with E-state index < -0.39 is 0 Å². The summed E-state index contributed by atoms with van der Waals surface area (Å²) in [6, 6.07) is 7.38. The molecule has 0 aliphatic rings. The maximum atomic E-state index is 8.79. The van der Waals surface area contributed by atoms with E-state index in [1.807, 2.05) is 25.2 Å². The van der Waals surface area contributed by atoms with E-state index in [-0.39, 0.29) is 11.5 Å². The highest BCUT2D eigenvalue weighted by molar-refractivity contribution is 6.45. The van der Waals surface area contributed by atoms with Gasteiger partial charge >= 0.3 is 0 Å². The molecule has 0 radical (unpaired) electrons. The normalized spacial score (nSPS) is 11.7. The Morgan fingerprint density at radius 2 is 2.24 bits per heavy atom. The van der Waals surface area contributed by atoms with Gasteiger partial charge in [0.2, 0.25) is 5.71 Å². The lowest BCUT2D eigenvalue weighted by molar-refractivity contribution is 0.722. The van der Waals surface area contributed by atoms with Gasteiger partial charge in [0.1, 0.15) is 11.9 Å². The fourth-order valence-electron chi connectivity index (χ4n) is 2.07. The van der Waals surface area contributed by atoms with E-state index in [1.165, 1.54) is 0 Å². The standard InChI is InChI=1S/C14H17N7/c1-8(2)14-18-10-6-9(4-5-12(10)21(14)3)19-20-11(7-15)13(16)17/h4-6,8,19H,1-3H3,(H3,16,17)/b20-11+. The van der Waals surface area contributed by atoms with Gasteiger partial charge in [-0.25, -0.2) is 4.98 Å². The van der Waals surface area contributed by atoms with E-state index in [9.17, 15) is 0 Å². The zero-order chi connectivity index (χ0) is 15.6. The average Bonchev–Trinajstić information content (AvgIpc) is 2.76. The Kier molecular flexibility index (Phi) is 3.89. The quantitative estimate of drug-likeness (QED) is 0.451. The number of fused-ring (bicyclic) bond motifs is 1. The van der Waals surface area contributed by atoms with Crippen molar-refractivity contribution in [3.8, 4) is 6.07 Å². The third kappa shape index (κ3) is 2.84. The number of amidine groups is 1. The van der Waals surface area contributed by atoms with E-state index >= 15 is 0 Å². The Hall–Kier alpha value is -2.88. The lowest BCUT2D eigenvalue weighted by atomic mass is 10.2. The third-order valence-electron chi connectivity index (χ3n) is 3.09. The van der Waals surface area contributed by atoms with Gasteiger partial charge in [0.15, 0.2) is 5.84 Å². The first-order valence-corrected chi connectivity index (χ1v) is 6.48. The van der Waals surface area contributed by atoms with Crippen LogP contribution in [0.15, 0.2) is 23.3 Å². The van der Waals surface area contributed by atoms with Crippen molar-refractivity contribution in [1.29, 1.82) is 10.7 Å². The Morgan fingerprint density at radius 3 is 2.81 bits per heavy atom. The molecule has 21 heavy (non-hydrogen) atoms. The molecule has 2 aromatic rings. The molecular weight excluding hydrogens is 266 g/mol. The second-order valence-corrected chi connectivity index (χ2v) is 4.98. The molecule has 7 nitrogen and oxygen atoms in total. The molecular formula is C14H17N7. The first-order valence-electron chi connectivity index (χ1n) is 6.48. The zero-order valence-electron chi connectivity index (χ0n) is 12.2. The highest BCUT2D eigenvalue weighted by Crippen LogP contribution is 2.23. The Bertz CT molecular complexity index is 761. The zero-order valence-corrected chi connectivity index (χ0v) is 12.2. The van der Waals surface area contributed by atoms with Crippen molar-refractivity contribution in [1.82, 2.24) is 9.55 Å². The number of nitrogens with one attached hydrogen (secondary N) is 2. The molecule has 7 heteroatoms. The number of nitrogens with zero attached hydrogens (tertiary/aromatic N) is 4. The fourth-order valence-corrected chi connectivity index (χ4v) is 2.07.